The Hall–Kier alpha value is -1.23. The van der Waals surface area contributed by atoms with Gasteiger partial charge in [0.15, 0.2) is 0 Å². The molecule has 1 aliphatic carbocycles. The molecule has 5 heteroatoms. The average Bonchev–Trinajstić information content (AvgIpc) is 2.38. The average molecular weight is 262 g/mol. The molecule has 0 aromatic carbocycles. The van der Waals surface area contributed by atoms with Gasteiger partial charge in [0.05, 0.1) is 12.4 Å². The van der Waals surface area contributed by atoms with Gasteiger partial charge in [-0.1, -0.05) is 18.6 Å². The maximum atomic E-state index is 5.53. The van der Waals surface area contributed by atoms with E-state index in [-0.39, 0.29) is 0 Å². The van der Waals surface area contributed by atoms with Crippen molar-refractivity contribution >= 4 is 23.0 Å². The summed E-state index contributed by atoms with van der Waals surface area (Å²) in [6.45, 7) is 2.25. The van der Waals surface area contributed by atoms with Crippen LogP contribution in [0.25, 0.3) is 0 Å². The van der Waals surface area contributed by atoms with Gasteiger partial charge in [-0.05, 0) is 31.1 Å². The number of nitrogens with zero attached hydrogens (tertiary/aromatic N) is 3. The van der Waals surface area contributed by atoms with Crippen LogP contribution in [0, 0.1) is 11.8 Å². The fourth-order valence-electron chi connectivity index (χ4n) is 3.23. The van der Waals surface area contributed by atoms with Crippen molar-refractivity contribution in [1.29, 1.82) is 0 Å². The lowest BCUT2D eigenvalue weighted by Gasteiger charge is -2.41. The highest BCUT2D eigenvalue weighted by Crippen LogP contribution is 2.35. The van der Waals surface area contributed by atoms with Gasteiger partial charge in [-0.3, -0.25) is 0 Å². The van der Waals surface area contributed by atoms with Gasteiger partial charge < -0.3 is 10.6 Å². The van der Waals surface area contributed by atoms with Gasteiger partial charge in [0.25, 0.3) is 0 Å². The molecule has 96 valence electrons. The fourth-order valence-corrected chi connectivity index (χ4v) is 3.34. The van der Waals surface area contributed by atoms with Gasteiger partial charge in [-0.15, -0.1) is 0 Å². The molecule has 2 fully saturated rings. The lowest BCUT2D eigenvalue weighted by molar-refractivity contribution is 0.230. The van der Waals surface area contributed by atoms with E-state index in [1.165, 1.54) is 25.7 Å². The summed E-state index contributed by atoms with van der Waals surface area (Å²) in [6.07, 6.45) is 9.01. The molecule has 0 amide bonds. The van der Waals surface area contributed by atoms with Crippen molar-refractivity contribution in [2.24, 2.45) is 17.6 Å². The van der Waals surface area contributed by atoms with Crippen molar-refractivity contribution < 1.29 is 0 Å². The van der Waals surface area contributed by atoms with Gasteiger partial charge in [0.1, 0.15) is 16.5 Å². The molecule has 18 heavy (non-hydrogen) atoms. The minimum atomic E-state index is 0.310. The number of piperidine rings is 1. The van der Waals surface area contributed by atoms with Gasteiger partial charge >= 0.3 is 0 Å². The van der Waals surface area contributed by atoms with Crippen LogP contribution in [-0.4, -0.2) is 28.0 Å². The SMILES string of the molecule is NC(=S)c1cnc(N2CC3CCCC(C3)C2)cn1. The minimum absolute atomic E-state index is 0.310. The molecular weight excluding hydrogens is 244 g/mol. The zero-order valence-corrected chi connectivity index (χ0v) is 11.2. The number of hydrogen-bond donors (Lipinski definition) is 1. The Balaban J connectivity index is 1.76. The Morgan fingerprint density at radius 2 is 1.94 bits per heavy atom. The maximum absolute atomic E-state index is 5.53. The van der Waals surface area contributed by atoms with Crippen molar-refractivity contribution in [2.45, 2.75) is 25.7 Å². The molecule has 2 bridgehead atoms. The standard InChI is InChI=1S/C13H18N4S/c14-13(18)11-5-16-12(6-15-11)17-7-9-2-1-3-10(4-9)8-17/h5-6,9-10H,1-4,7-8H2,(H2,14,18). The highest BCUT2D eigenvalue weighted by molar-refractivity contribution is 7.80. The predicted octanol–water partition coefficient (Wildman–Crippen LogP) is 1.74. The number of aromatic nitrogens is 2. The summed E-state index contributed by atoms with van der Waals surface area (Å²) in [4.78, 5) is 11.4. The predicted molar refractivity (Wildman–Crippen MR) is 75.6 cm³/mol. The molecule has 0 spiro atoms. The molecule has 1 saturated carbocycles. The van der Waals surface area contributed by atoms with Crippen molar-refractivity contribution in [3.63, 3.8) is 0 Å². The molecule has 2 unspecified atom stereocenters. The van der Waals surface area contributed by atoms with E-state index in [4.69, 9.17) is 18.0 Å². The summed E-state index contributed by atoms with van der Waals surface area (Å²) >= 11 is 4.89. The molecular formula is C13H18N4S. The number of anilines is 1. The summed E-state index contributed by atoms with van der Waals surface area (Å²) in [5.74, 6) is 2.65. The first kappa shape index (κ1) is 11.8. The number of nitrogens with two attached hydrogens (primary N) is 1. The zero-order valence-electron chi connectivity index (χ0n) is 10.4. The molecule has 1 aliphatic heterocycles. The Morgan fingerprint density at radius 1 is 1.22 bits per heavy atom. The lowest BCUT2D eigenvalue weighted by Crippen LogP contribution is -2.43. The van der Waals surface area contributed by atoms with E-state index in [0.29, 0.717) is 10.7 Å². The Bertz CT molecular complexity index is 433. The topological polar surface area (TPSA) is 55.0 Å². The van der Waals surface area contributed by atoms with E-state index in [2.05, 4.69) is 14.9 Å². The van der Waals surface area contributed by atoms with Gasteiger partial charge in [0.2, 0.25) is 0 Å². The zero-order chi connectivity index (χ0) is 12.5. The Kier molecular flexibility index (Phi) is 3.16. The van der Waals surface area contributed by atoms with Gasteiger partial charge in [0, 0.05) is 13.1 Å². The summed E-state index contributed by atoms with van der Waals surface area (Å²) in [7, 11) is 0. The molecule has 2 N–H and O–H groups in total. The number of thiocarbonyl (C=S) groups is 1. The third-order valence-electron chi connectivity index (χ3n) is 4.06. The first-order valence-corrected chi connectivity index (χ1v) is 7.00. The highest BCUT2D eigenvalue weighted by Gasteiger charge is 2.31. The Morgan fingerprint density at radius 3 is 2.50 bits per heavy atom. The van der Waals surface area contributed by atoms with E-state index in [1.54, 1.807) is 12.4 Å². The van der Waals surface area contributed by atoms with Crippen LogP contribution in [0.1, 0.15) is 31.4 Å². The summed E-state index contributed by atoms with van der Waals surface area (Å²) in [5.41, 5.74) is 6.14. The van der Waals surface area contributed by atoms with Crippen LogP contribution in [-0.2, 0) is 0 Å². The van der Waals surface area contributed by atoms with Crippen molar-refractivity contribution in [2.75, 3.05) is 18.0 Å². The van der Waals surface area contributed by atoms with E-state index in [1.807, 2.05) is 0 Å². The molecule has 3 rings (SSSR count). The highest BCUT2D eigenvalue weighted by atomic mass is 32.1. The summed E-state index contributed by atoms with van der Waals surface area (Å²) < 4.78 is 0. The number of rotatable bonds is 2. The molecule has 4 nitrogen and oxygen atoms in total. The van der Waals surface area contributed by atoms with Crippen molar-refractivity contribution in [1.82, 2.24) is 9.97 Å². The van der Waals surface area contributed by atoms with Crippen LogP contribution in [0.2, 0.25) is 0 Å². The van der Waals surface area contributed by atoms with Gasteiger partial charge in [-0.2, -0.15) is 0 Å². The van der Waals surface area contributed by atoms with Crippen LogP contribution in [0.5, 0.6) is 0 Å². The van der Waals surface area contributed by atoms with E-state index in [0.717, 1.165) is 30.7 Å². The summed E-state index contributed by atoms with van der Waals surface area (Å²) in [5, 5.41) is 0. The quantitative estimate of drug-likeness (QED) is 0.823. The molecule has 1 aromatic heterocycles. The smallest absolute Gasteiger partial charge is 0.147 e. The molecule has 2 atom stereocenters. The first-order chi connectivity index (χ1) is 8.72. The Labute approximate surface area is 113 Å². The second kappa shape index (κ2) is 4.80. The molecule has 2 heterocycles. The first-order valence-electron chi connectivity index (χ1n) is 6.59. The van der Waals surface area contributed by atoms with Crippen LogP contribution in [0.15, 0.2) is 12.4 Å². The van der Waals surface area contributed by atoms with Crippen LogP contribution >= 0.6 is 12.2 Å². The second-order valence-corrected chi connectivity index (χ2v) is 5.87. The van der Waals surface area contributed by atoms with Crippen LogP contribution in [0.3, 0.4) is 0 Å². The molecule has 0 radical (unpaired) electrons. The second-order valence-electron chi connectivity index (χ2n) is 5.43. The maximum Gasteiger partial charge on any atom is 0.147 e. The third-order valence-corrected chi connectivity index (χ3v) is 4.27. The minimum Gasteiger partial charge on any atom is -0.388 e. The monoisotopic (exact) mass is 262 g/mol. The molecule has 1 saturated heterocycles. The van der Waals surface area contributed by atoms with Crippen molar-refractivity contribution in [3.05, 3.63) is 18.1 Å². The van der Waals surface area contributed by atoms with Crippen LogP contribution in [0.4, 0.5) is 5.82 Å². The van der Waals surface area contributed by atoms with E-state index < -0.39 is 0 Å². The number of fused-ring (bicyclic) bond motifs is 2. The van der Waals surface area contributed by atoms with Crippen molar-refractivity contribution in [3.8, 4) is 0 Å². The van der Waals surface area contributed by atoms with E-state index in [9.17, 15) is 0 Å². The summed E-state index contributed by atoms with van der Waals surface area (Å²) in [6, 6.07) is 0. The third kappa shape index (κ3) is 2.32. The van der Waals surface area contributed by atoms with Crippen LogP contribution < -0.4 is 10.6 Å². The largest absolute Gasteiger partial charge is 0.388 e. The fraction of sp³-hybridized carbons (Fsp3) is 0.615. The van der Waals surface area contributed by atoms with Gasteiger partial charge in [-0.25, -0.2) is 9.97 Å². The normalized spacial score (nSPS) is 27.0. The lowest BCUT2D eigenvalue weighted by atomic mass is 9.78. The van der Waals surface area contributed by atoms with E-state index >= 15 is 0 Å². The molecule has 1 aromatic rings. The number of hydrogen-bond acceptors (Lipinski definition) is 4. The molecule has 2 aliphatic rings.